The van der Waals surface area contributed by atoms with Gasteiger partial charge in [-0.2, -0.15) is 0 Å². The van der Waals surface area contributed by atoms with Crippen molar-refractivity contribution in [2.45, 2.75) is 19.8 Å². The van der Waals surface area contributed by atoms with E-state index in [1.165, 1.54) is 0 Å². The Bertz CT molecular complexity index is 230. The van der Waals surface area contributed by atoms with Gasteiger partial charge in [-0.1, -0.05) is 0 Å². The van der Waals surface area contributed by atoms with Crippen molar-refractivity contribution in [1.29, 1.82) is 0 Å². The lowest BCUT2D eigenvalue weighted by atomic mass is 10.1. The summed E-state index contributed by atoms with van der Waals surface area (Å²) in [5.41, 5.74) is 0. The van der Waals surface area contributed by atoms with Crippen LogP contribution in [-0.2, 0) is 28.5 Å². The Morgan fingerprint density at radius 3 is 2.10 bits per heavy atom. The third-order valence-electron chi connectivity index (χ3n) is 2.90. The number of ether oxygens (including phenoxy) is 5. The zero-order chi connectivity index (χ0) is 14.5. The molecule has 0 spiro atoms. The molecule has 0 aromatic carbocycles. The topological polar surface area (TPSA) is 63.2 Å². The smallest absolute Gasteiger partial charge is 0.311 e. The van der Waals surface area contributed by atoms with Crippen LogP contribution in [0.25, 0.3) is 0 Å². The van der Waals surface area contributed by atoms with E-state index in [-0.39, 0.29) is 11.9 Å². The molecule has 20 heavy (non-hydrogen) atoms. The van der Waals surface area contributed by atoms with E-state index in [0.717, 1.165) is 6.42 Å². The molecule has 0 saturated carbocycles. The van der Waals surface area contributed by atoms with Crippen LogP contribution >= 0.6 is 0 Å². The zero-order valence-corrected chi connectivity index (χ0v) is 12.3. The van der Waals surface area contributed by atoms with Crippen LogP contribution in [0, 0.1) is 5.92 Å². The molecule has 1 saturated heterocycles. The first-order valence-electron chi connectivity index (χ1n) is 7.32. The Labute approximate surface area is 120 Å². The molecule has 1 unspecified atom stereocenters. The molecule has 0 radical (unpaired) electrons. The maximum atomic E-state index is 11.8. The van der Waals surface area contributed by atoms with Crippen LogP contribution in [0.1, 0.15) is 19.8 Å². The third kappa shape index (κ3) is 8.47. The highest BCUT2D eigenvalue weighted by atomic mass is 16.6. The largest absolute Gasteiger partial charge is 0.466 e. The summed E-state index contributed by atoms with van der Waals surface area (Å²) in [5.74, 6) is -0.416. The van der Waals surface area contributed by atoms with Crippen LogP contribution in [0.2, 0.25) is 0 Å². The van der Waals surface area contributed by atoms with Crippen LogP contribution < -0.4 is 0 Å². The van der Waals surface area contributed by atoms with Crippen LogP contribution in [0.4, 0.5) is 0 Å². The average molecular weight is 290 g/mol. The van der Waals surface area contributed by atoms with Gasteiger partial charge in [0.15, 0.2) is 0 Å². The standard InChI is InChI=1S/C14H26O6/c1-2-20-14(15)13-4-3-5-16-6-7-17-8-9-18-10-11-19-12-13/h13H,2-12H2,1H3. The minimum Gasteiger partial charge on any atom is -0.466 e. The third-order valence-corrected chi connectivity index (χ3v) is 2.90. The fourth-order valence-electron chi connectivity index (χ4n) is 1.85. The quantitative estimate of drug-likeness (QED) is 0.708. The Balaban J connectivity index is 2.33. The summed E-state index contributed by atoms with van der Waals surface area (Å²) < 4.78 is 26.7. The van der Waals surface area contributed by atoms with Crippen molar-refractivity contribution in [2.75, 3.05) is 59.5 Å². The number of hydrogen-bond donors (Lipinski definition) is 0. The monoisotopic (exact) mass is 290 g/mol. The molecule has 1 heterocycles. The van der Waals surface area contributed by atoms with Crippen molar-refractivity contribution in [1.82, 2.24) is 0 Å². The summed E-state index contributed by atoms with van der Waals surface area (Å²) in [6.07, 6.45) is 1.52. The van der Waals surface area contributed by atoms with Crippen LogP contribution in [-0.4, -0.2) is 65.4 Å². The Hall–Kier alpha value is -0.690. The van der Waals surface area contributed by atoms with Gasteiger partial charge in [-0.05, 0) is 19.8 Å². The first-order chi connectivity index (χ1) is 9.84. The molecule has 0 N–H and O–H groups in total. The van der Waals surface area contributed by atoms with Gasteiger partial charge in [0, 0.05) is 6.61 Å². The second-order valence-corrected chi connectivity index (χ2v) is 4.50. The maximum absolute atomic E-state index is 11.8. The van der Waals surface area contributed by atoms with Crippen molar-refractivity contribution in [3.63, 3.8) is 0 Å². The number of carbonyl (C=O) groups excluding carboxylic acids is 1. The lowest BCUT2D eigenvalue weighted by Crippen LogP contribution is -2.24. The van der Waals surface area contributed by atoms with E-state index in [2.05, 4.69) is 0 Å². The van der Waals surface area contributed by atoms with Gasteiger partial charge in [-0.15, -0.1) is 0 Å². The van der Waals surface area contributed by atoms with E-state index in [4.69, 9.17) is 23.7 Å². The van der Waals surface area contributed by atoms with Gasteiger partial charge in [0.2, 0.25) is 0 Å². The van der Waals surface area contributed by atoms with E-state index in [1.54, 1.807) is 0 Å². The van der Waals surface area contributed by atoms with Gasteiger partial charge >= 0.3 is 5.97 Å². The summed E-state index contributed by atoms with van der Waals surface area (Å²) >= 11 is 0. The second kappa shape index (κ2) is 12.1. The number of carbonyl (C=O) groups is 1. The summed E-state index contributed by atoms with van der Waals surface area (Å²) in [4.78, 5) is 11.8. The van der Waals surface area contributed by atoms with E-state index in [0.29, 0.717) is 65.9 Å². The molecule has 1 fully saturated rings. The van der Waals surface area contributed by atoms with Gasteiger partial charge in [0.05, 0.1) is 58.8 Å². The predicted molar refractivity (Wildman–Crippen MR) is 72.6 cm³/mol. The van der Waals surface area contributed by atoms with Gasteiger partial charge < -0.3 is 23.7 Å². The molecule has 1 aliphatic heterocycles. The van der Waals surface area contributed by atoms with Crippen molar-refractivity contribution >= 4 is 5.97 Å². The lowest BCUT2D eigenvalue weighted by molar-refractivity contribution is -0.150. The van der Waals surface area contributed by atoms with Gasteiger partial charge in [-0.3, -0.25) is 4.79 Å². The molecule has 6 heteroatoms. The fraction of sp³-hybridized carbons (Fsp3) is 0.929. The van der Waals surface area contributed by atoms with Crippen molar-refractivity contribution in [3.8, 4) is 0 Å². The molecule has 6 nitrogen and oxygen atoms in total. The lowest BCUT2D eigenvalue weighted by Gasteiger charge is -2.15. The highest BCUT2D eigenvalue weighted by Crippen LogP contribution is 2.10. The van der Waals surface area contributed by atoms with E-state index in [1.807, 2.05) is 6.92 Å². The number of hydrogen-bond acceptors (Lipinski definition) is 6. The molecule has 0 amide bonds. The molecule has 0 bridgehead atoms. The molecule has 0 aromatic heterocycles. The molecule has 1 rings (SSSR count). The van der Waals surface area contributed by atoms with Crippen molar-refractivity contribution in [3.05, 3.63) is 0 Å². The van der Waals surface area contributed by atoms with Crippen molar-refractivity contribution in [2.24, 2.45) is 5.92 Å². The first-order valence-corrected chi connectivity index (χ1v) is 7.32. The summed E-state index contributed by atoms with van der Waals surface area (Å²) in [6, 6.07) is 0. The number of esters is 1. The molecule has 118 valence electrons. The minimum absolute atomic E-state index is 0.193. The Morgan fingerprint density at radius 1 is 0.950 bits per heavy atom. The summed E-state index contributed by atoms with van der Waals surface area (Å²) in [5, 5.41) is 0. The van der Waals surface area contributed by atoms with E-state index >= 15 is 0 Å². The van der Waals surface area contributed by atoms with Gasteiger partial charge in [0.25, 0.3) is 0 Å². The fourth-order valence-corrected chi connectivity index (χ4v) is 1.85. The zero-order valence-electron chi connectivity index (χ0n) is 12.3. The highest BCUT2D eigenvalue weighted by molar-refractivity contribution is 5.72. The van der Waals surface area contributed by atoms with Crippen molar-refractivity contribution < 1.29 is 28.5 Å². The highest BCUT2D eigenvalue weighted by Gasteiger charge is 2.19. The van der Waals surface area contributed by atoms with Gasteiger partial charge in [0.1, 0.15) is 0 Å². The van der Waals surface area contributed by atoms with Gasteiger partial charge in [-0.25, -0.2) is 0 Å². The normalized spacial score (nSPS) is 24.4. The molecule has 0 aromatic rings. The first kappa shape index (κ1) is 17.4. The second-order valence-electron chi connectivity index (χ2n) is 4.50. The van der Waals surface area contributed by atoms with Crippen LogP contribution in [0.5, 0.6) is 0 Å². The molecule has 1 aliphatic rings. The summed E-state index contributed by atoms with van der Waals surface area (Å²) in [6.45, 7) is 6.44. The Kier molecular flexibility index (Phi) is 10.5. The average Bonchev–Trinajstić information content (AvgIpc) is 2.45. The molecular weight excluding hydrogens is 264 g/mol. The number of rotatable bonds is 2. The SMILES string of the molecule is CCOC(=O)C1CCCOCCOCCOCCOC1. The summed E-state index contributed by atoms with van der Waals surface area (Å²) in [7, 11) is 0. The predicted octanol–water partition coefficient (Wildman–Crippen LogP) is 1.03. The van der Waals surface area contributed by atoms with Crippen LogP contribution in [0.3, 0.4) is 0 Å². The van der Waals surface area contributed by atoms with E-state index in [9.17, 15) is 4.79 Å². The minimum atomic E-state index is -0.222. The van der Waals surface area contributed by atoms with Crippen LogP contribution in [0.15, 0.2) is 0 Å². The Morgan fingerprint density at radius 2 is 1.50 bits per heavy atom. The molecular formula is C14H26O6. The molecule has 1 atom stereocenters. The molecule has 0 aliphatic carbocycles. The maximum Gasteiger partial charge on any atom is 0.311 e. The van der Waals surface area contributed by atoms with E-state index < -0.39 is 0 Å².